The van der Waals surface area contributed by atoms with Gasteiger partial charge in [-0.25, -0.2) is 9.37 Å². The van der Waals surface area contributed by atoms with E-state index in [1.54, 1.807) is 5.38 Å². The fourth-order valence-electron chi connectivity index (χ4n) is 2.22. The summed E-state index contributed by atoms with van der Waals surface area (Å²) in [5.74, 6) is -0.969. The highest BCUT2D eigenvalue weighted by atomic mass is 32.1. The minimum atomic E-state index is -0.405. The molecule has 2 aromatic carbocycles. The summed E-state index contributed by atoms with van der Waals surface area (Å²) in [6, 6.07) is 12.7. The van der Waals surface area contributed by atoms with Gasteiger partial charge in [0.05, 0.1) is 12.1 Å². The summed E-state index contributed by atoms with van der Waals surface area (Å²) in [6.45, 7) is 1.97. The first-order valence-corrected chi connectivity index (χ1v) is 8.75. The van der Waals surface area contributed by atoms with Gasteiger partial charge >= 0.3 is 0 Å². The highest BCUT2D eigenvalue weighted by Crippen LogP contribution is 2.18. The van der Waals surface area contributed by atoms with Gasteiger partial charge in [0.15, 0.2) is 5.13 Å². The summed E-state index contributed by atoms with van der Waals surface area (Å²) >= 11 is 1.23. The number of anilines is 2. The topological polar surface area (TPSA) is 71.1 Å². The standard InChI is InChI=1S/C19H16FN3O2S/c1-12-2-8-15(9-3-12)21-17(24)10-16-11-26-19(22-16)23-18(25)13-4-6-14(20)7-5-13/h2-9,11H,10H2,1H3,(H,21,24)(H,22,23,25). The molecule has 0 radical (unpaired) electrons. The summed E-state index contributed by atoms with van der Waals surface area (Å²) in [6.07, 6.45) is 0.108. The molecule has 7 heteroatoms. The number of rotatable bonds is 5. The molecule has 0 aliphatic rings. The van der Waals surface area contributed by atoms with Gasteiger partial charge in [-0.15, -0.1) is 11.3 Å². The molecule has 1 heterocycles. The Morgan fingerprint density at radius 2 is 1.73 bits per heavy atom. The largest absolute Gasteiger partial charge is 0.326 e. The van der Waals surface area contributed by atoms with Crippen molar-refractivity contribution in [1.29, 1.82) is 0 Å². The van der Waals surface area contributed by atoms with Gasteiger partial charge in [-0.3, -0.25) is 14.9 Å². The van der Waals surface area contributed by atoms with Gasteiger partial charge < -0.3 is 5.32 Å². The number of halogens is 1. The van der Waals surface area contributed by atoms with E-state index in [-0.39, 0.29) is 18.2 Å². The van der Waals surface area contributed by atoms with Gasteiger partial charge in [-0.2, -0.15) is 0 Å². The minimum Gasteiger partial charge on any atom is -0.326 e. The third-order valence-corrected chi connectivity index (χ3v) is 4.36. The van der Waals surface area contributed by atoms with E-state index in [1.165, 1.54) is 35.6 Å². The Kier molecular flexibility index (Phi) is 5.38. The molecule has 132 valence electrons. The van der Waals surface area contributed by atoms with Crippen molar-refractivity contribution < 1.29 is 14.0 Å². The van der Waals surface area contributed by atoms with Crippen molar-refractivity contribution in [3.63, 3.8) is 0 Å². The Hall–Kier alpha value is -3.06. The van der Waals surface area contributed by atoms with Gasteiger partial charge in [0.2, 0.25) is 5.91 Å². The molecule has 2 N–H and O–H groups in total. The van der Waals surface area contributed by atoms with Crippen LogP contribution in [0.25, 0.3) is 0 Å². The Balaban J connectivity index is 1.57. The maximum absolute atomic E-state index is 12.9. The number of nitrogens with zero attached hydrogens (tertiary/aromatic N) is 1. The number of thiazole rings is 1. The molecule has 0 unspecified atom stereocenters. The normalized spacial score (nSPS) is 10.4. The number of carbonyl (C=O) groups excluding carboxylic acids is 2. The Morgan fingerprint density at radius 1 is 1.04 bits per heavy atom. The van der Waals surface area contributed by atoms with E-state index in [4.69, 9.17) is 0 Å². The number of nitrogens with one attached hydrogen (secondary N) is 2. The van der Waals surface area contributed by atoms with E-state index < -0.39 is 5.82 Å². The van der Waals surface area contributed by atoms with Crippen LogP contribution in [-0.4, -0.2) is 16.8 Å². The zero-order chi connectivity index (χ0) is 18.5. The second-order valence-electron chi connectivity index (χ2n) is 5.70. The molecule has 0 bridgehead atoms. The molecule has 26 heavy (non-hydrogen) atoms. The molecule has 0 saturated heterocycles. The van der Waals surface area contributed by atoms with E-state index in [2.05, 4.69) is 15.6 Å². The van der Waals surface area contributed by atoms with Crippen LogP contribution < -0.4 is 10.6 Å². The quantitative estimate of drug-likeness (QED) is 0.713. The minimum absolute atomic E-state index is 0.108. The van der Waals surface area contributed by atoms with E-state index >= 15 is 0 Å². The van der Waals surface area contributed by atoms with Crippen molar-refractivity contribution in [2.24, 2.45) is 0 Å². The molecule has 0 aliphatic heterocycles. The molecule has 3 rings (SSSR count). The summed E-state index contributed by atoms with van der Waals surface area (Å²) in [4.78, 5) is 28.4. The highest BCUT2D eigenvalue weighted by Gasteiger charge is 2.11. The van der Waals surface area contributed by atoms with Gasteiger partial charge in [-0.1, -0.05) is 17.7 Å². The average molecular weight is 369 g/mol. The number of hydrogen-bond donors (Lipinski definition) is 2. The Bertz CT molecular complexity index is 921. The molecule has 0 aliphatic carbocycles. The molecule has 0 saturated carbocycles. The summed E-state index contributed by atoms with van der Waals surface area (Å²) in [5, 5.41) is 7.55. The van der Waals surface area contributed by atoms with Crippen LogP contribution in [0.15, 0.2) is 53.9 Å². The van der Waals surface area contributed by atoms with Crippen molar-refractivity contribution in [1.82, 2.24) is 4.98 Å². The maximum Gasteiger partial charge on any atom is 0.257 e. The maximum atomic E-state index is 12.9. The van der Waals surface area contributed by atoms with E-state index in [0.717, 1.165) is 11.3 Å². The number of aromatic nitrogens is 1. The van der Waals surface area contributed by atoms with E-state index in [0.29, 0.717) is 16.4 Å². The van der Waals surface area contributed by atoms with Crippen LogP contribution in [0.5, 0.6) is 0 Å². The Morgan fingerprint density at radius 3 is 2.42 bits per heavy atom. The number of hydrogen-bond acceptors (Lipinski definition) is 4. The van der Waals surface area contributed by atoms with Crippen molar-refractivity contribution in [3.05, 3.63) is 76.5 Å². The van der Waals surface area contributed by atoms with Gasteiger partial charge in [0.25, 0.3) is 5.91 Å². The highest BCUT2D eigenvalue weighted by molar-refractivity contribution is 7.14. The fourth-order valence-corrected chi connectivity index (χ4v) is 2.93. The van der Waals surface area contributed by atoms with Crippen LogP contribution in [0.4, 0.5) is 15.2 Å². The van der Waals surface area contributed by atoms with E-state index in [9.17, 15) is 14.0 Å². The molecule has 0 fully saturated rings. The first-order valence-electron chi connectivity index (χ1n) is 7.87. The average Bonchev–Trinajstić information content (AvgIpc) is 3.04. The third kappa shape index (κ3) is 4.73. The lowest BCUT2D eigenvalue weighted by molar-refractivity contribution is -0.115. The van der Waals surface area contributed by atoms with Crippen molar-refractivity contribution >= 4 is 34.0 Å². The zero-order valence-corrected chi connectivity index (χ0v) is 14.8. The van der Waals surface area contributed by atoms with E-state index in [1.807, 2.05) is 31.2 Å². The van der Waals surface area contributed by atoms with Crippen LogP contribution in [0.3, 0.4) is 0 Å². The summed E-state index contributed by atoms with van der Waals surface area (Å²) in [7, 11) is 0. The summed E-state index contributed by atoms with van der Waals surface area (Å²) < 4.78 is 12.9. The van der Waals surface area contributed by atoms with Crippen LogP contribution in [0.2, 0.25) is 0 Å². The SMILES string of the molecule is Cc1ccc(NC(=O)Cc2csc(NC(=O)c3ccc(F)cc3)n2)cc1. The number of aryl methyl sites for hydroxylation is 1. The Labute approximate surface area is 153 Å². The van der Waals surface area contributed by atoms with Crippen LogP contribution in [0.1, 0.15) is 21.6 Å². The van der Waals surface area contributed by atoms with Gasteiger partial charge in [0.1, 0.15) is 5.82 Å². The molecule has 3 aromatic rings. The van der Waals surface area contributed by atoms with Crippen LogP contribution in [-0.2, 0) is 11.2 Å². The van der Waals surface area contributed by atoms with Gasteiger partial charge in [-0.05, 0) is 43.3 Å². The third-order valence-electron chi connectivity index (χ3n) is 3.56. The molecule has 1 aromatic heterocycles. The van der Waals surface area contributed by atoms with Gasteiger partial charge in [0, 0.05) is 16.6 Å². The zero-order valence-electron chi connectivity index (χ0n) is 14.0. The van der Waals surface area contributed by atoms with Crippen molar-refractivity contribution in [2.75, 3.05) is 10.6 Å². The summed E-state index contributed by atoms with van der Waals surface area (Å²) in [5.41, 5.74) is 2.74. The molecule has 2 amide bonds. The monoisotopic (exact) mass is 369 g/mol. The smallest absolute Gasteiger partial charge is 0.257 e. The molecule has 5 nitrogen and oxygen atoms in total. The predicted molar refractivity (Wildman–Crippen MR) is 100.0 cm³/mol. The lowest BCUT2D eigenvalue weighted by Crippen LogP contribution is -2.15. The molecule has 0 spiro atoms. The first kappa shape index (κ1) is 17.8. The van der Waals surface area contributed by atoms with Crippen molar-refractivity contribution in [2.45, 2.75) is 13.3 Å². The second-order valence-corrected chi connectivity index (χ2v) is 6.55. The molecular weight excluding hydrogens is 353 g/mol. The first-order chi connectivity index (χ1) is 12.5. The van der Waals surface area contributed by atoms with Crippen LogP contribution >= 0.6 is 11.3 Å². The number of benzene rings is 2. The lowest BCUT2D eigenvalue weighted by Gasteiger charge is -2.04. The van der Waals surface area contributed by atoms with Crippen molar-refractivity contribution in [3.8, 4) is 0 Å². The van der Waals surface area contributed by atoms with Crippen LogP contribution in [0, 0.1) is 12.7 Å². The number of amides is 2. The second kappa shape index (κ2) is 7.88. The predicted octanol–water partition coefficient (Wildman–Crippen LogP) is 4.02. The fraction of sp³-hybridized carbons (Fsp3) is 0.105. The molecular formula is C19H16FN3O2S. The molecule has 0 atom stereocenters. The number of carbonyl (C=O) groups is 2. The lowest BCUT2D eigenvalue weighted by atomic mass is 10.2.